The number of hydrogen-bond donors (Lipinski definition) is 1. The second-order valence-electron chi connectivity index (χ2n) is 5.19. The molecule has 3 rings (SSSR count). The molecular formula is C14H17BrN4S. The van der Waals surface area contributed by atoms with Crippen molar-refractivity contribution in [1.82, 2.24) is 15.0 Å². The van der Waals surface area contributed by atoms with Crippen LogP contribution < -0.4 is 5.73 Å². The first kappa shape index (κ1) is 13.9. The van der Waals surface area contributed by atoms with Crippen LogP contribution in [0.5, 0.6) is 0 Å². The van der Waals surface area contributed by atoms with Crippen molar-refractivity contribution in [2.75, 3.05) is 5.73 Å². The smallest absolute Gasteiger partial charge is 0.223 e. The Morgan fingerprint density at radius 1 is 1.10 bits per heavy atom. The van der Waals surface area contributed by atoms with Crippen LogP contribution in [0.4, 0.5) is 5.95 Å². The molecular weight excluding hydrogens is 336 g/mol. The molecule has 2 heterocycles. The number of nitrogen functional groups attached to an aromatic ring is 1. The second-order valence-corrected chi connectivity index (χ2v) is 7.02. The summed E-state index contributed by atoms with van der Waals surface area (Å²) in [6, 6.07) is 2.02. The first-order chi connectivity index (χ1) is 9.72. The molecule has 1 fully saturated rings. The van der Waals surface area contributed by atoms with E-state index in [0.29, 0.717) is 17.7 Å². The largest absolute Gasteiger partial charge is 0.368 e. The SMILES string of the molecule is Nc1nc(-c2cc(Br)cs2)nc(C2CCCCCC2)n1. The van der Waals surface area contributed by atoms with Gasteiger partial charge in [-0.1, -0.05) is 25.7 Å². The van der Waals surface area contributed by atoms with E-state index in [9.17, 15) is 0 Å². The third-order valence-electron chi connectivity index (χ3n) is 3.68. The van der Waals surface area contributed by atoms with Crippen LogP contribution in [-0.2, 0) is 0 Å². The van der Waals surface area contributed by atoms with Gasteiger partial charge < -0.3 is 5.73 Å². The summed E-state index contributed by atoms with van der Waals surface area (Å²) < 4.78 is 1.05. The zero-order valence-corrected chi connectivity index (χ0v) is 13.6. The molecule has 6 heteroatoms. The number of aromatic nitrogens is 3. The standard InChI is InChI=1S/C14H17BrN4S/c15-10-7-11(20-8-10)13-17-12(18-14(16)19-13)9-5-3-1-2-4-6-9/h7-9H,1-6H2,(H2,16,17,18,19). The Kier molecular flexibility index (Phi) is 4.31. The van der Waals surface area contributed by atoms with E-state index in [1.54, 1.807) is 11.3 Å². The molecule has 0 saturated heterocycles. The normalized spacial score (nSPS) is 17.1. The summed E-state index contributed by atoms with van der Waals surface area (Å²) in [6.07, 6.45) is 7.49. The van der Waals surface area contributed by atoms with Gasteiger partial charge in [0.1, 0.15) is 5.82 Å². The second kappa shape index (κ2) is 6.18. The third kappa shape index (κ3) is 3.17. The molecule has 2 N–H and O–H groups in total. The number of hydrogen-bond acceptors (Lipinski definition) is 5. The van der Waals surface area contributed by atoms with E-state index >= 15 is 0 Å². The van der Waals surface area contributed by atoms with E-state index < -0.39 is 0 Å². The maximum Gasteiger partial charge on any atom is 0.223 e. The van der Waals surface area contributed by atoms with Crippen molar-refractivity contribution in [3.05, 3.63) is 21.7 Å². The predicted octanol–water partition coefficient (Wildman–Crippen LogP) is 4.38. The maximum absolute atomic E-state index is 5.88. The highest BCUT2D eigenvalue weighted by atomic mass is 79.9. The molecule has 0 unspecified atom stereocenters. The summed E-state index contributed by atoms with van der Waals surface area (Å²) >= 11 is 5.08. The molecule has 0 radical (unpaired) electrons. The average Bonchev–Trinajstić information content (AvgIpc) is 2.71. The van der Waals surface area contributed by atoms with Crippen LogP contribution in [0, 0.1) is 0 Å². The zero-order chi connectivity index (χ0) is 13.9. The summed E-state index contributed by atoms with van der Waals surface area (Å²) in [5.41, 5.74) is 5.88. The molecule has 0 aromatic carbocycles. The van der Waals surface area contributed by atoms with E-state index in [0.717, 1.165) is 28.0 Å². The van der Waals surface area contributed by atoms with Crippen LogP contribution in [0.25, 0.3) is 10.7 Å². The molecule has 0 amide bonds. The highest BCUT2D eigenvalue weighted by molar-refractivity contribution is 9.10. The van der Waals surface area contributed by atoms with Gasteiger partial charge in [-0.15, -0.1) is 11.3 Å². The highest BCUT2D eigenvalue weighted by Gasteiger charge is 2.19. The molecule has 0 atom stereocenters. The highest BCUT2D eigenvalue weighted by Crippen LogP contribution is 2.32. The molecule has 0 spiro atoms. The van der Waals surface area contributed by atoms with Gasteiger partial charge >= 0.3 is 0 Å². The predicted molar refractivity (Wildman–Crippen MR) is 85.7 cm³/mol. The zero-order valence-electron chi connectivity index (χ0n) is 11.2. The first-order valence-corrected chi connectivity index (χ1v) is 8.65. The molecule has 2 aromatic rings. The first-order valence-electron chi connectivity index (χ1n) is 6.98. The minimum absolute atomic E-state index is 0.332. The van der Waals surface area contributed by atoms with Gasteiger partial charge in [0, 0.05) is 15.8 Å². The number of thiophene rings is 1. The Labute approximate surface area is 131 Å². The van der Waals surface area contributed by atoms with E-state index in [4.69, 9.17) is 5.73 Å². The monoisotopic (exact) mass is 352 g/mol. The summed E-state index contributed by atoms with van der Waals surface area (Å²) in [5.74, 6) is 2.34. The van der Waals surface area contributed by atoms with Gasteiger partial charge in [-0.3, -0.25) is 0 Å². The lowest BCUT2D eigenvalue weighted by atomic mass is 9.99. The minimum Gasteiger partial charge on any atom is -0.368 e. The van der Waals surface area contributed by atoms with Gasteiger partial charge in [-0.05, 0) is 34.8 Å². The van der Waals surface area contributed by atoms with Crippen LogP contribution >= 0.6 is 27.3 Å². The van der Waals surface area contributed by atoms with E-state index in [-0.39, 0.29) is 0 Å². The Hall–Kier alpha value is -1.01. The lowest BCUT2D eigenvalue weighted by molar-refractivity contribution is 0.559. The van der Waals surface area contributed by atoms with E-state index in [1.807, 2.05) is 11.4 Å². The Balaban J connectivity index is 1.93. The topological polar surface area (TPSA) is 64.7 Å². The number of rotatable bonds is 2. The van der Waals surface area contributed by atoms with Crippen LogP contribution in [0.15, 0.2) is 15.9 Å². The van der Waals surface area contributed by atoms with Crippen LogP contribution in [-0.4, -0.2) is 15.0 Å². The lowest BCUT2D eigenvalue weighted by Crippen LogP contribution is -2.09. The van der Waals surface area contributed by atoms with Crippen molar-refractivity contribution < 1.29 is 0 Å². The van der Waals surface area contributed by atoms with Crippen molar-refractivity contribution in [3.8, 4) is 10.7 Å². The molecule has 1 aliphatic carbocycles. The third-order valence-corrected chi connectivity index (χ3v) is 5.37. The molecule has 0 bridgehead atoms. The molecule has 4 nitrogen and oxygen atoms in total. The molecule has 1 aliphatic rings. The fourth-order valence-corrected chi connectivity index (χ4v) is 4.03. The lowest BCUT2D eigenvalue weighted by Gasteiger charge is -2.13. The van der Waals surface area contributed by atoms with E-state index in [1.165, 1.54) is 25.7 Å². The quantitative estimate of drug-likeness (QED) is 0.814. The van der Waals surface area contributed by atoms with Crippen molar-refractivity contribution in [2.24, 2.45) is 0 Å². The van der Waals surface area contributed by atoms with Gasteiger partial charge in [0.25, 0.3) is 0 Å². The van der Waals surface area contributed by atoms with Gasteiger partial charge in [0.2, 0.25) is 5.95 Å². The number of halogens is 1. The summed E-state index contributed by atoms with van der Waals surface area (Å²) in [7, 11) is 0. The van der Waals surface area contributed by atoms with Gasteiger partial charge in [-0.25, -0.2) is 4.98 Å². The van der Waals surface area contributed by atoms with Gasteiger partial charge in [0.05, 0.1) is 4.88 Å². The summed E-state index contributed by atoms with van der Waals surface area (Å²) in [4.78, 5) is 14.4. The number of anilines is 1. The van der Waals surface area contributed by atoms with Crippen molar-refractivity contribution in [1.29, 1.82) is 0 Å². The number of nitrogens with two attached hydrogens (primary N) is 1. The van der Waals surface area contributed by atoms with Crippen molar-refractivity contribution in [3.63, 3.8) is 0 Å². The molecule has 106 valence electrons. The minimum atomic E-state index is 0.332. The van der Waals surface area contributed by atoms with Crippen molar-refractivity contribution in [2.45, 2.75) is 44.4 Å². The maximum atomic E-state index is 5.88. The molecule has 2 aromatic heterocycles. The van der Waals surface area contributed by atoms with Gasteiger partial charge in [-0.2, -0.15) is 9.97 Å². The Morgan fingerprint density at radius 3 is 2.50 bits per heavy atom. The fraction of sp³-hybridized carbons (Fsp3) is 0.500. The molecule has 0 aliphatic heterocycles. The van der Waals surface area contributed by atoms with Crippen LogP contribution in [0.2, 0.25) is 0 Å². The molecule has 1 saturated carbocycles. The average molecular weight is 353 g/mol. The fourth-order valence-electron chi connectivity index (χ4n) is 2.67. The summed E-state index contributed by atoms with van der Waals surface area (Å²) in [5, 5.41) is 2.03. The Morgan fingerprint density at radius 2 is 1.85 bits per heavy atom. The number of nitrogens with zero attached hydrogens (tertiary/aromatic N) is 3. The van der Waals surface area contributed by atoms with E-state index in [2.05, 4.69) is 30.9 Å². The van der Waals surface area contributed by atoms with Gasteiger partial charge in [0.15, 0.2) is 5.82 Å². The molecule has 20 heavy (non-hydrogen) atoms. The summed E-state index contributed by atoms with van der Waals surface area (Å²) in [6.45, 7) is 0. The van der Waals surface area contributed by atoms with Crippen molar-refractivity contribution >= 4 is 33.2 Å². The van der Waals surface area contributed by atoms with Crippen LogP contribution in [0.3, 0.4) is 0 Å². The Bertz CT molecular complexity index is 591. The van der Waals surface area contributed by atoms with Crippen LogP contribution in [0.1, 0.15) is 50.3 Å².